The SMILES string of the molecule is Cc1cc(Br)cc(C(=O)c2ccc(F)c(C)c2)c1. The van der Waals surface area contributed by atoms with E-state index in [1.165, 1.54) is 12.1 Å². The predicted molar refractivity (Wildman–Crippen MR) is 73.4 cm³/mol. The summed E-state index contributed by atoms with van der Waals surface area (Å²) < 4.78 is 14.0. The summed E-state index contributed by atoms with van der Waals surface area (Å²) in [6.45, 7) is 3.58. The van der Waals surface area contributed by atoms with E-state index in [1.807, 2.05) is 19.1 Å². The molecule has 18 heavy (non-hydrogen) atoms. The molecule has 2 aromatic rings. The zero-order chi connectivity index (χ0) is 13.3. The molecule has 0 bridgehead atoms. The highest BCUT2D eigenvalue weighted by Crippen LogP contribution is 2.19. The minimum Gasteiger partial charge on any atom is -0.289 e. The Morgan fingerprint density at radius 3 is 2.39 bits per heavy atom. The second-order valence-electron chi connectivity index (χ2n) is 4.31. The summed E-state index contributed by atoms with van der Waals surface area (Å²) in [6, 6.07) is 9.95. The zero-order valence-electron chi connectivity index (χ0n) is 10.1. The molecule has 0 radical (unpaired) electrons. The lowest BCUT2D eigenvalue weighted by molar-refractivity contribution is 0.103. The summed E-state index contributed by atoms with van der Waals surface area (Å²) in [5.74, 6) is -0.389. The van der Waals surface area contributed by atoms with E-state index in [4.69, 9.17) is 0 Å². The van der Waals surface area contributed by atoms with Gasteiger partial charge in [-0.1, -0.05) is 15.9 Å². The highest BCUT2D eigenvalue weighted by atomic mass is 79.9. The smallest absolute Gasteiger partial charge is 0.193 e. The Labute approximate surface area is 114 Å². The summed E-state index contributed by atoms with van der Waals surface area (Å²) in [5.41, 5.74) is 2.60. The molecular weight excluding hydrogens is 295 g/mol. The molecule has 0 saturated carbocycles. The van der Waals surface area contributed by atoms with E-state index >= 15 is 0 Å². The van der Waals surface area contributed by atoms with Crippen molar-refractivity contribution in [2.75, 3.05) is 0 Å². The molecule has 0 unspecified atom stereocenters. The number of rotatable bonds is 2. The number of aryl methyl sites for hydroxylation is 2. The molecule has 0 heterocycles. The van der Waals surface area contributed by atoms with Crippen molar-refractivity contribution in [3.8, 4) is 0 Å². The summed E-state index contributed by atoms with van der Waals surface area (Å²) in [7, 11) is 0. The molecule has 0 aliphatic heterocycles. The third-order valence-electron chi connectivity index (χ3n) is 2.72. The van der Waals surface area contributed by atoms with Crippen LogP contribution in [0.25, 0.3) is 0 Å². The molecule has 3 heteroatoms. The molecular formula is C15H12BrFO. The molecule has 0 fully saturated rings. The molecule has 0 amide bonds. The summed E-state index contributed by atoms with van der Waals surface area (Å²) in [5, 5.41) is 0. The van der Waals surface area contributed by atoms with Crippen molar-refractivity contribution < 1.29 is 9.18 Å². The van der Waals surface area contributed by atoms with Gasteiger partial charge >= 0.3 is 0 Å². The van der Waals surface area contributed by atoms with E-state index in [0.717, 1.165) is 10.0 Å². The Morgan fingerprint density at radius 2 is 1.78 bits per heavy atom. The number of carbonyl (C=O) groups excluding carboxylic acids is 1. The summed E-state index contributed by atoms with van der Waals surface area (Å²) >= 11 is 3.37. The predicted octanol–water partition coefficient (Wildman–Crippen LogP) is 4.44. The van der Waals surface area contributed by atoms with Gasteiger partial charge in [-0.15, -0.1) is 0 Å². The fourth-order valence-corrected chi connectivity index (χ4v) is 2.43. The Morgan fingerprint density at radius 1 is 1.06 bits per heavy atom. The molecule has 0 saturated heterocycles. The third kappa shape index (κ3) is 2.67. The molecule has 2 rings (SSSR count). The number of hydrogen-bond acceptors (Lipinski definition) is 1. The largest absolute Gasteiger partial charge is 0.289 e. The van der Waals surface area contributed by atoms with Crippen molar-refractivity contribution in [1.82, 2.24) is 0 Å². The average molecular weight is 307 g/mol. The van der Waals surface area contributed by atoms with Crippen LogP contribution in [-0.2, 0) is 0 Å². The lowest BCUT2D eigenvalue weighted by atomic mass is 10.0. The quantitative estimate of drug-likeness (QED) is 0.750. The Kier molecular flexibility index (Phi) is 3.62. The van der Waals surface area contributed by atoms with Gasteiger partial charge in [-0.3, -0.25) is 4.79 Å². The highest BCUT2D eigenvalue weighted by molar-refractivity contribution is 9.10. The average Bonchev–Trinajstić information content (AvgIpc) is 2.30. The van der Waals surface area contributed by atoms with Crippen LogP contribution in [0, 0.1) is 19.7 Å². The first-order valence-corrected chi connectivity index (χ1v) is 6.35. The number of halogens is 2. The van der Waals surface area contributed by atoms with Gasteiger partial charge in [-0.2, -0.15) is 0 Å². The molecule has 92 valence electrons. The van der Waals surface area contributed by atoms with Gasteiger partial charge in [0.15, 0.2) is 5.78 Å². The Bertz CT molecular complexity index is 600. The van der Waals surface area contributed by atoms with E-state index in [0.29, 0.717) is 16.7 Å². The first-order valence-electron chi connectivity index (χ1n) is 5.55. The van der Waals surface area contributed by atoms with Gasteiger partial charge in [0.25, 0.3) is 0 Å². The molecule has 0 spiro atoms. The number of hydrogen-bond donors (Lipinski definition) is 0. The highest BCUT2D eigenvalue weighted by Gasteiger charge is 2.11. The second-order valence-corrected chi connectivity index (χ2v) is 5.23. The van der Waals surface area contributed by atoms with Crippen LogP contribution >= 0.6 is 15.9 Å². The monoisotopic (exact) mass is 306 g/mol. The van der Waals surface area contributed by atoms with Crippen LogP contribution in [0.15, 0.2) is 40.9 Å². The van der Waals surface area contributed by atoms with Gasteiger partial charge in [-0.05, 0) is 61.4 Å². The molecule has 1 nitrogen and oxygen atoms in total. The molecule has 2 aromatic carbocycles. The number of carbonyl (C=O) groups is 1. The zero-order valence-corrected chi connectivity index (χ0v) is 11.7. The molecule has 0 N–H and O–H groups in total. The van der Waals surface area contributed by atoms with Crippen LogP contribution in [-0.4, -0.2) is 5.78 Å². The first kappa shape index (κ1) is 13.0. The Hall–Kier alpha value is -1.48. The van der Waals surface area contributed by atoms with Gasteiger partial charge < -0.3 is 0 Å². The molecule has 0 aromatic heterocycles. The van der Waals surface area contributed by atoms with E-state index in [9.17, 15) is 9.18 Å². The summed E-state index contributed by atoms with van der Waals surface area (Å²) in [4.78, 5) is 12.3. The van der Waals surface area contributed by atoms with Crippen molar-refractivity contribution in [3.05, 3.63) is 68.9 Å². The van der Waals surface area contributed by atoms with E-state index in [2.05, 4.69) is 15.9 Å². The number of benzene rings is 2. The van der Waals surface area contributed by atoms with Gasteiger partial charge in [0, 0.05) is 15.6 Å². The van der Waals surface area contributed by atoms with Crippen molar-refractivity contribution in [2.24, 2.45) is 0 Å². The van der Waals surface area contributed by atoms with E-state index in [-0.39, 0.29) is 11.6 Å². The van der Waals surface area contributed by atoms with Crippen LogP contribution < -0.4 is 0 Å². The fourth-order valence-electron chi connectivity index (χ4n) is 1.82. The van der Waals surface area contributed by atoms with Crippen LogP contribution in [0.5, 0.6) is 0 Å². The van der Waals surface area contributed by atoms with Crippen molar-refractivity contribution in [1.29, 1.82) is 0 Å². The summed E-state index contributed by atoms with van der Waals surface area (Å²) in [6.07, 6.45) is 0. The van der Waals surface area contributed by atoms with Gasteiger partial charge in [-0.25, -0.2) is 4.39 Å². The minimum atomic E-state index is -0.294. The Balaban J connectivity index is 2.44. The molecule has 0 atom stereocenters. The maximum atomic E-state index is 13.2. The van der Waals surface area contributed by atoms with Crippen molar-refractivity contribution in [3.63, 3.8) is 0 Å². The second kappa shape index (κ2) is 5.02. The third-order valence-corrected chi connectivity index (χ3v) is 3.18. The van der Waals surface area contributed by atoms with E-state index < -0.39 is 0 Å². The topological polar surface area (TPSA) is 17.1 Å². The van der Waals surface area contributed by atoms with Crippen LogP contribution in [0.3, 0.4) is 0 Å². The van der Waals surface area contributed by atoms with Crippen molar-refractivity contribution in [2.45, 2.75) is 13.8 Å². The van der Waals surface area contributed by atoms with E-state index in [1.54, 1.807) is 19.1 Å². The van der Waals surface area contributed by atoms with Gasteiger partial charge in [0.2, 0.25) is 0 Å². The van der Waals surface area contributed by atoms with Crippen LogP contribution in [0.1, 0.15) is 27.0 Å². The maximum absolute atomic E-state index is 13.2. The van der Waals surface area contributed by atoms with Crippen LogP contribution in [0.4, 0.5) is 4.39 Å². The minimum absolute atomic E-state index is 0.0949. The molecule has 0 aliphatic rings. The fraction of sp³-hybridized carbons (Fsp3) is 0.133. The number of ketones is 1. The standard InChI is InChI=1S/C15H12BrFO/c1-9-5-12(8-13(16)6-9)15(18)11-3-4-14(17)10(2)7-11/h3-8H,1-2H3. The molecule has 0 aliphatic carbocycles. The van der Waals surface area contributed by atoms with Crippen molar-refractivity contribution >= 4 is 21.7 Å². The van der Waals surface area contributed by atoms with Gasteiger partial charge in [0.05, 0.1) is 0 Å². The first-order chi connectivity index (χ1) is 8.47. The lowest BCUT2D eigenvalue weighted by Crippen LogP contribution is -2.02. The normalized spacial score (nSPS) is 10.4. The van der Waals surface area contributed by atoms with Crippen LogP contribution in [0.2, 0.25) is 0 Å². The lowest BCUT2D eigenvalue weighted by Gasteiger charge is -2.05. The van der Waals surface area contributed by atoms with Gasteiger partial charge in [0.1, 0.15) is 5.82 Å². The maximum Gasteiger partial charge on any atom is 0.193 e.